The number of nitrogens with zero attached hydrogens (tertiary/aromatic N) is 4. The van der Waals surface area contributed by atoms with Crippen LogP contribution in [-0.2, 0) is 6.42 Å². The van der Waals surface area contributed by atoms with Gasteiger partial charge in [-0.1, -0.05) is 72.8 Å². The number of hydrogen-bond acceptors (Lipinski definition) is 3. The molecule has 0 aliphatic carbocycles. The van der Waals surface area contributed by atoms with Crippen LogP contribution in [0.15, 0.2) is 97.2 Å². The summed E-state index contributed by atoms with van der Waals surface area (Å²) in [7, 11) is 0. The van der Waals surface area contributed by atoms with Gasteiger partial charge in [-0.15, -0.1) is 0 Å². The summed E-state index contributed by atoms with van der Waals surface area (Å²) in [5.41, 5.74) is 7.82. The van der Waals surface area contributed by atoms with Crippen LogP contribution in [0.25, 0.3) is 28.0 Å². The average molecular weight is 386 g/mol. The first-order valence-corrected chi connectivity index (χ1v) is 9.79. The molecule has 0 N–H and O–H groups in total. The van der Waals surface area contributed by atoms with Crippen molar-refractivity contribution in [2.45, 2.75) is 6.42 Å². The highest BCUT2D eigenvalue weighted by Gasteiger charge is 2.10. The molecular weight excluding hydrogens is 368 g/mol. The monoisotopic (exact) mass is 386 g/mol. The van der Waals surface area contributed by atoms with E-state index in [0.29, 0.717) is 5.56 Å². The minimum atomic E-state index is 0.686. The van der Waals surface area contributed by atoms with Crippen molar-refractivity contribution in [3.8, 4) is 28.5 Å². The van der Waals surface area contributed by atoms with Gasteiger partial charge in [0.1, 0.15) is 0 Å². The Balaban J connectivity index is 1.48. The van der Waals surface area contributed by atoms with Gasteiger partial charge in [0.2, 0.25) is 0 Å². The Hall–Kier alpha value is -4.23. The zero-order valence-corrected chi connectivity index (χ0v) is 16.2. The minimum absolute atomic E-state index is 0.686. The third-order valence-corrected chi connectivity index (χ3v) is 5.18. The molecule has 0 radical (unpaired) electrons. The molecule has 0 unspecified atom stereocenters. The fraction of sp³-hybridized carbons (Fsp3) is 0.0385. The number of aromatic nitrogens is 3. The molecule has 0 aliphatic rings. The van der Waals surface area contributed by atoms with Crippen LogP contribution < -0.4 is 0 Å². The van der Waals surface area contributed by atoms with Crippen molar-refractivity contribution in [2.75, 3.05) is 0 Å². The summed E-state index contributed by atoms with van der Waals surface area (Å²) in [6, 6.07) is 32.6. The Labute approximate surface area is 174 Å². The van der Waals surface area contributed by atoms with Crippen molar-refractivity contribution in [3.05, 3.63) is 114 Å². The van der Waals surface area contributed by atoms with Crippen LogP contribution >= 0.6 is 0 Å². The number of hydrogen-bond donors (Lipinski definition) is 0. The number of benzene rings is 3. The van der Waals surface area contributed by atoms with Gasteiger partial charge in [0.25, 0.3) is 0 Å². The molecule has 2 heterocycles. The lowest BCUT2D eigenvalue weighted by Crippen LogP contribution is -2.01. The van der Waals surface area contributed by atoms with E-state index in [2.05, 4.69) is 53.6 Å². The third kappa shape index (κ3) is 3.34. The highest BCUT2D eigenvalue weighted by molar-refractivity contribution is 5.70. The van der Waals surface area contributed by atoms with E-state index < -0.39 is 0 Å². The smallest absolute Gasteiger partial charge is 0.155 e. The Kier molecular flexibility index (Phi) is 4.55. The Bertz CT molecular complexity index is 1360. The first kappa shape index (κ1) is 17.8. The topological polar surface area (TPSA) is 54.0 Å². The second-order valence-electron chi connectivity index (χ2n) is 7.13. The van der Waals surface area contributed by atoms with Gasteiger partial charge in [-0.25, -0.2) is 9.50 Å². The van der Waals surface area contributed by atoms with Crippen LogP contribution in [0.1, 0.15) is 16.8 Å². The van der Waals surface area contributed by atoms with E-state index in [1.54, 1.807) is 6.20 Å². The van der Waals surface area contributed by atoms with Gasteiger partial charge < -0.3 is 0 Å². The van der Waals surface area contributed by atoms with Gasteiger partial charge in [-0.3, -0.25) is 0 Å². The molecule has 0 spiro atoms. The summed E-state index contributed by atoms with van der Waals surface area (Å²) in [5, 5.41) is 13.8. The summed E-state index contributed by atoms with van der Waals surface area (Å²) in [5.74, 6) is 0. The van der Waals surface area contributed by atoms with E-state index in [0.717, 1.165) is 40.1 Å². The quantitative estimate of drug-likeness (QED) is 0.408. The molecule has 0 saturated carbocycles. The van der Waals surface area contributed by atoms with Crippen LogP contribution in [0.3, 0.4) is 0 Å². The molecule has 0 fully saturated rings. The first-order valence-electron chi connectivity index (χ1n) is 9.79. The van der Waals surface area contributed by atoms with Crippen molar-refractivity contribution in [3.63, 3.8) is 0 Å². The first-order chi connectivity index (χ1) is 14.8. The molecule has 0 aliphatic heterocycles. The van der Waals surface area contributed by atoms with Gasteiger partial charge in [-0.05, 0) is 28.8 Å². The van der Waals surface area contributed by atoms with E-state index in [9.17, 15) is 5.26 Å². The van der Waals surface area contributed by atoms with Crippen molar-refractivity contribution < 1.29 is 0 Å². The van der Waals surface area contributed by atoms with E-state index in [1.165, 1.54) is 5.56 Å². The second kappa shape index (κ2) is 7.65. The van der Waals surface area contributed by atoms with Crippen molar-refractivity contribution in [1.82, 2.24) is 14.6 Å². The van der Waals surface area contributed by atoms with E-state index in [-0.39, 0.29) is 0 Å². The van der Waals surface area contributed by atoms with Crippen molar-refractivity contribution in [1.29, 1.82) is 5.26 Å². The molecule has 0 amide bonds. The molecule has 0 saturated heterocycles. The molecule has 3 aromatic carbocycles. The fourth-order valence-corrected chi connectivity index (χ4v) is 3.71. The van der Waals surface area contributed by atoms with E-state index in [4.69, 9.17) is 4.98 Å². The van der Waals surface area contributed by atoms with Crippen LogP contribution in [-0.4, -0.2) is 14.6 Å². The molecule has 4 heteroatoms. The Morgan fingerprint density at radius 1 is 0.800 bits per heavy atom. The maximum Gasteiger partial charge on any atom is 0.155 e. The molecule has 142 valence electrons. The summed E-state index contributed by atoms with van der Waals surface area (Å²) in [6.07, 6.45) is 2.50. The lowest BCUT2D eigenvalue weighted by Gasteiger charge is -2.09. The second-order valence-corrected chi connectivity index (χ2v) is 7.13. The normalized spacial score (nSPS) is 10.8. The number of rotatable bonds is 4. The molecule has 5 rings (SSSR count). The zero-order valence-electron chi connectivity index (χ0n) is 16.2. The highest BCUT2D eigenvalue weighted by Crippen LogP contribution is 2.25. The Morgan fingerprint density at radius 2 is 1.57 bits per heavy atom. The molecule has 2 aromatic heterocycles. The molecule has 30 heavy (non-hydrogen) atoms. The molecule has 0 atom stereocenters. The van der Waals surface area contributed by atoms with Gasteiger partial charge in [0.05, 0.1) is 23.5 Å². The maximum atomic E-state index is 9.35. The van der Waals surface area contributed by atoms with Crippen LogP contribution in [0.5, 0.6) is 0 Å². The fourth-order valence-electron chi connectivity index (χ4n) is 3.71. The SMILES string of the molecule is N#Cc1ccccc1-c1ccc(Cc2cc(-c3ccccc3)n3nccc3n2)cc1. The predicted molar refractivity (Wildman–Crippen MR) is 118 cm³/mol. The minimum Gasteiger partial charge on any atom is -0.233 e. The maximum absolute atomic E-state index is 9.35. The van der Waals surface area contributed by atoms with Gasteiger partial charge in [-0.2, -0.15) is 10.4 Å². The summed E-state index contributed by atoms with van der Waals surface area (Å²) >= 11 is 0. The third-order valence-electron chi connectivity index (χ3n) is 5.18. The summed E-state index contributed by atoms with van der Waals surface area (Å²) < 4.78 is 1.88. The number of fused-ring (bicyclic) bond motifs is 1. The van der Waals surface area contributed by atoms with Gasteiger partial charge >= 0.3 is 0 Å². The van der Waals surface area contributed by atoms with E-state index in [1.807, 2.05) is 53.0 Å². The van der Waals surface area contributed by atoms with Crippen LogP contribution in [0.2, 0.25) is 0 Å². The summed E-state index contributed by atoms with van der Waals surface area (Å²) in [6.45, 7) is 0. The standard InChI is InChI=1S/C26H18N4/c27-18-22-8-4-5-9-24(22)20-12-10-19(11-13-20)16-23-17-25(21-6-2-1-3-7-21)30-26(29-23)14-15-28-30/h1-15,17H,16H2. The average Bonchev–Trinajstić information content (AvgIpc) is 3.28. The zero-order chi connectivity index (χ0) is 20.3. The number of nitriles is 1. The van der Waals surface area contributed by atoms with Gasteiger partial charge in [0.15, 0.2) is 5.65 Å². The Morgan fingerprint density at radius 3 is 2.37 bits per heavy atom. The van der Waals surface area contributed by atoms with Gasteiger partial charge in [0, 0.05) is 23.7 Å². The molecule has 5 aromatic rings. The largest absolute Gasteiger partial charge is 0.233 e. The van der Waals surface area contributed by atoms with Crippen molar-refractivity contribution in [2.24, 2.45) is 0 Å². The summed E-state index contributed by atoms with van der Waals surface area (Å²) in [4.78, 5) is 4.78. The van der Waals surface area contributed by atoms with Crippen LogP contribution in [0, 0.1) is 11.3 Å². The predicted octanol–water partition coefficient (Wildman–Crippen LogP) is 5.53. The molecular formula is C26H18N4. The lowest BCUT2D eigenvalue weighted by molar-refractivity contribution is 0.927. The van der Waals surface area contributed by atoms with Crippen LogP contribution in [0.4, 0.5) is 0 Å². The van der Waals surface area contributed by atoms with E-state index >= 15 is 0 Å². The van der Waals surface area contributed by atoms with Crippen molar-refractivity contribution >= 4 is 5.65 Å². The highest BCUT2D eigenvalue weighted by atomic mass is 15.2. The molecule has 4 nitrogen and oxygen atoms in total. The molecule has 0 bridgehead atoms. The lowest BCUT2D eigenvalue weighted by atomic mass is 9.98.